The summed E-state index contributed by atoms with van der Waals surface area (Å²) in [6, 6.07) is 10.6. The number of carbonyl (C=O) groups is 2. The van der Waals surface area contributed by atoms with Crippen molar-refractivity contribution in [3.8, 4) is 5.69 Å². The molecule has 1 fully saturated rings. The van der Waals surface area contributed by atoms with Crippen molar-refractivity contribution in [3.05, 3.63) is 60.2 Å². The molecule has 8 nitrogen and oxygen atoms in total. The maximum atomic E-state index is 12.6. The van der Waals surface area contributed by atoms with Crippen LogP contribution in [-0.2, 0) is 0 Å². The summed E-state index contributed by atoms with van der Waals surface area (Å²) in [6.07, 6.45) is 7.98. The Labute approximate surface area is 155 Å². The molecule has 0 bridgehead atoms. The molecule has 0 radical (unpaired) electrons. The Kier molecular flexibility index (Phi) is 4.45. The van der Waals surface area contributed by atoms with Gasteiger partial charge in [-0.2, -0.15) is 10.2 Å². The van der Waals surface area contributed by atoms with Gasteiger partial charge in [-0.05, 0) is 37.1 Å². The van der Waals surface area contributed by atoms with E-state index in [1.807, 2.05) is 10.9 Å². The molecule has 4 rings (SSSR count). The second-order valence-corrected chi connectivity index (χ2v) is 6.54. The van der Waals surface area contributed by atoms with Gasteiger partial charge < -0.3 is 10.4 Å². The SMILES string of the molecule is O=C(O)c1ccn(-c2ccccc2NC(=O)c2ccn(C3CCCC3)n2)n1. The van der Waals surface area contributed by atoms with Crippen molar-refractivity contribution >= 4 is 17.6 Å². The van der Waals surface area contributed by atoms with Crippen LogP contribution in [0.4, 0.5) is 5.69 Å². The van der Waals surface area contributed by atoms with Crippen LogP contribution < -0.4 is 5.32 Å². The summed E-state index contributed by atoms with van der Waals surface area (Å²) >= 11 is 0. The predicted molar refractivity (Wildman–Crippen MR) is 98.2 cm³/mol. The van der Waals surface area contributed by atoms with E-state index in [9.17, 15) is 9.59 Å². The van der Waals surface area contributed by atoms with Crippen LogP contribution in [0.1, 0.15) is 52.7 Å². The van der Waals surface area contributed by atoms with Crippen LogP contribution in [0.15, 0.2) is 48.8 Å². The highest BCUT2D eigenvalue weighted by molar-refractivity contribution is 6.03. The molecule has 2 heterocycles. The van der Waals surface area contributed by atoms with Crippen molar-refractivity contribution in [2.24, 2.45) is 0 Å². The van der Waals surface area contributed by atoms with E-state index in [0.29, 0.717) is 23.1 Å². The minimum Gasteiger partial charge on any atom is -0.476 e. The first-order valence-corrected chi connectivity index (χ1v) is 8.87. The Bertz CT molecular complexity index is 985. The number of benzene rings is 1. The Morgan fingerprint density at radius 2 is 1.74 bits per heavy atom. The minimum atomic E-state index is -1.10. The van der Waals surface area contributed by atoms with E-state index in [4.69, 9.17) is 5.11 Å². The number of hydrogen-bond acceptors (Lipinski definition) is 4. The lowest BCUT2D eigenvalue weighted by Gasteiger charge is -2.11. The number of carbonyl (C=O) groups excluding carboxylic acids is 1. The highest BCUT2D eigenvalue weighted by Gasteiger charge is 2.20. The predicted octanol–water partition coefficient (Wildman–Crippen LogP) is 3.13. The summed E-state index contributed by atoms with van der Waals surface area (Å²) in [5, 5.41) is 20.3. The average Bonchev–Trinajstić information content (AvgIpc) is 3.42. The number of aromatic carboxylic acids is 1. The molecule has 0 spiro atoms. The van der Waals surface area contributed by atoms with Gasteiger partial charge in [0.15, 0.2) is 11.4 Å². The first-order chi connectivity index (χ1) is 13.1. The van der Waals surface area contributed by atoms with E-state index in [1.165, 1.54) is 23.6 Å². The van der Waals surface area contributed by atoms with Gasteiger partial charge >= 0.3 is 5.97 Å². The van der Waals surface area contributed by atoms with Gasteiger partial charge in [0, 0.05) is 12.4 Å². The third kappa shape index (κ3) is 3.46. The molecule has 138 valence electrons. The fraction of sp³-hybridized carbons (Fsp3) is 0.263. The first-order valence-electron chi connectivity index (χ1n) is 8.87. The summed E-state index contributed by atoms with van der Waals surface area (Å²) in [7, 11) is 0. The number of anilines is 1. The lowest BCUT2D eigenvalue weighted by atomic mass is 10.2. The minimum absolute atomic E-state index is 0.0635. The molecule has 0 aliphatic heterocycles. The zero-order chi connectivity index (χ0) is 18.8. The maximum Gasteiger partial charge on any atom is 0.356 e. The second kappa shape index (κ2) is 7.06. The number of carboxylic acids is 1. The van der Waals surface area contributed by atoms with E-state index in [-0.39, 0.29) is 11.6 Å². The van der Waals surface area contributed by atoms with Crippen molar-refractivity contribution in [2.45, 2.75) is 31.7 Å². The molecule has 1 saturated carbocycles. The van der Waals surface area contributed by atoms with Gasteiger partial charge in [0.25, 0.3) is 5.91 Å². The Morgan fingerprint density at radius 1 is 1.00 bits per heavy atom. The van der Waals surface area contributed by atoms with Crippen molar-refractivity contribution in [1.29, 1.82) is 0 Å². The molecule has 0 unspecified atom stereocenters. The molecular weight excluding hydrogens is 346 g/mol. The molecule has 3 aromatic rings. The Balaban J connectivity index is 1.55. The molecule has 1 amide bonds. The smallest absolute Gasteiger partial charge is 0.356 e. The summed E-state index contributed by atoms with van der Waals surface area (Å²) < 4.78 is 3.30. The molecule has 27 heavy (non-hydrogen) atoms. The van der Waals surface area contributed by atoms with E-state index in [0.717, 1.165) is 12.8 Å². The van der Waals surface area contributed by atoms with Crippen LogP contribution in [0.2, 0.25) is 0 Å². The molecular formula is C19H19N5O3. The van der Waals surface area contributed by atoms with Crippen LogP contribution in [0.3, 0.4) is 0 Å². The van der Waals surface area contributed by atoms with Gasteiger partial charge in [-0.3, -0.25) is 9.48 Å². The molecule has 0 saturated heterocycles. The molecule has 1 aliphatic rings. The zero-order valence-corrected chi connectivity index (χ0v) is 14.6. The van der Waals surface area contributed by atoms with Crippen molar-refractivity contribution < 1.29 is 14.7 Å². The number of para-hydroxylation sites is 2. The van der Waals surface area contributed by atoms with Crippen molar-refractivity contribution in [2.75, 3.05) is 5.32 Å². The summed E-state index contributed by atoms with van der Waals surface area (Å²) in [4.78, 5) is 23.7. The number of carboxylic acid groups (broad SMARTS) is 1. The van der Waals surface area contributed by atoms with Crippen molar-refractivity contribution in [3.63, 3.8) is 0 Å². The third-order valence-corrected chi connectivity index (χ3v) is 4.75. The average molecular weight is 365 g/mol. The Hall–Kier alpha value is -3.42. The third-order valence-electron chi connectivity index (χ3n) is 4.75. The van der Waals surface area contributed by atoms with Gasteiger partial charge in [-0.15, -0.1) is 0 Å². The number of rotatable bonds is 5. The normalized spacial score (nSPS) is 14.4. The Morgan fingerprint density at radius 3 is 2.48 bits per heavy atom. The van der Waals surface area contributed by atoms with E-state index in [2.05, 4.69) is 15.5 Å². The van der Waals surface area contributed by atoms with Crippen LogP contribution >= 0.6 is 0 Å². The summed E-state index contributed by atoms with van der Waals surface area (Å²) in [5.74, 6) is -1.42. The zero-order valence-electron chi connectivity index (χ0n) is 14.6. The van der Waals surface area contributed by atoms with Crippen LogP contribution in [-0.4, -0.2) is 36.5 Å². The van der Waals surface area contributed by atoms with Crippen LogP contribution in [0.5, 0.6) is 0 Å². The summed E-state index contributed by atoms with van der Waals surface area (Å²) in [5.41, 5.74) is 1.39. The molecule has 1 aromatic carbocycles. The fourth-order valence-corrected chi connectivity index (χ4v) is 3.37. The fourth-order valence-electron chi connectivity index (χ4n) is 3.37. The number of nitrogens with one attached hydrogen (secondary N) is 1. The number of hydrogen-bond donors (Lipinski definition) is 2. The molecule has 2 aromatic heterocycles. The quantitative estimate of drug-likeness (QED) is 0.723. The molecule has 1 aliphatic carbocycles. The lowest BCUT2D eigenvalue weighted by Crippen LogP contribution is -2.16. The highest BCUT2D eigenvalue weighted by Crippen LogP contribution is 2.29. The molecule has 0 atom stereocenters. The van der Waals surface area contributed by atoms with Crippen molar-refractivity contribution in [1.82, 2.24) is 19.6 Å². The second-order valence-electron chi connectivity index (χ2n) is 6.54. The van der Waals surface area contributed by atoms with E-state index < -0.39 is 5.97 Å². The monoisotopic (exact) mass is 365 g/mol. The number of amides is 1. The van der Waals surface area contributed by atoms with Gasteiger partial charge in [-0.25, -0.2) is 9.48 Å². The topological polar surface area (TPSA) is 102 Å². The van der Waals surface area contributed by atoms with E-state index >= 15 is 0 Å². The highest BCUT2D eigenvalue weighted by atomic mass is 16.4. The van der Waals surface area contributed by atoms with Gasteiger partial charge in [0.1, 0.15) is 0 Å². The molecule has 2 N–H and O–H groups in total. The standard InChI is InChI=1S/C19H19N5O3/c25-18(15-9-11-23(21-15)13-5-1-2-6-13)20-14-7-3-4-8-17(14)24-12-10-16(22-24)19(26)27/h3-4,7-13H,1-2,5-6H2,(H,20,25)(H,26,27). The maximum absolute atomic E-state index is 12.6. The van der Waals surface area contributed by atoms with E-state index in [1.54, 1.807) is 36.5 Å². The van der Waals surface area contributed by atoms with Crippen LogP contribution in [0.25, 0.3) is 5.69 Å². The van der Waals surface area contributed by atoms with Gasteiger partial charge in [0.2, 0.25) is 0 Å². The number of aromatic nitrogens is 4. The number of nitrogens with zero attached hydrogens (tertiary/aromatic N) is 4. The molecule has 8 heteroatoms. The van der Waals surface area contributed by atoms with Crippen LogP contribution in [0, 0.1) is 0 Å². The first kappa shape index (κ1) is 17.0. The largest absolute Gasteiger partial charge is 0.476 e. The summed E-state index contributed by atoms with van der Waals surface area (Å²) in [6.45, 7) is 0. The van der Waals surface area contributed by atoms with Gasteiger partial charge in [-0.1, -0.05) is 25.0 Å². The van der Waals surface area contributed by atoms with Gasteiger partial charge in [0.05, 0.1) is 17.4 Å². The lowest BCUT2D eigenvalue weighted by molar-refractivity contribution is 0.0689.